The second kappa shape index (κ2) is 8.02. The molecular formula is C17H27ClN2. The highest BCUT2D eigenvalue weighted by Crippen LogP contribution is 2.28. The molecule has 0 bridgehead atoms. The van der Waals surface area contributed by atoms with E-state index in [-0.39, 0.29) is 0 Å². The minimum absolute atomic E-state index is 0.401. The lowest BCUT2D eigenvalue weighted by molar-refractivity contribution is 0.161. The fourth-order valence-corrected chi connectivity index (χ4v) is 3.43. The zero-order valence-corrected chi connectivity index (χ0v) is 13.5. The molecule has 0 aromatic heterocycles. The smallest absolute Gasteiger partial charge is 0.0453 e. The van der Waals surface area contributed by atoms with Crippen LogP contribution in [-0.4, -0.2) is 31.1 Å². The molecule has 3 heteroatoms. The molecule has 1 aromatic carbocycles. The molecule has 1 N–H and O–H groups in total. The van der Waals surface area contributed by atoms with Crippen LogP contribution in [-0.2, 0) is 0 Å². The van der Waals surface area contributed by atoms with Gasteiger partial charge in [-0.1, -0.05) is 36.7 Å². The first kappa shape index (κ1) is 15.8. The molecule has 1 heterocycles. The molecule has 1 aliphatic rings. The van der Waals surface area contributed by atoms with E-state index in [0.717, 1.165) is 17.5 Å². The van der Waals surface area contributed by atoms with Crippen LogP contribution in [0.1, 0.15) is 44.7 Å². The van der Waals surface area contributed by atoms with Crippen molar-refractivity contribution in [1.29, 1.82) is 0 Å². The summed E-state index contributed by atoms with van der Waals surface area (Å²) in [6.07, 6.45) is 3.80. The third-order valence-corrected chi connectivity index (χ3v) is 4.71. The SMILES string of the molecule is CCCN(CC1CCNCC1)C(C)c1ccccc1Cl. The fraction of sp³-hybridized carbons (Fsp3) is 0.647. The molecule has 0 spiro atoms. The lowest BCUT2D eigenvalue weighted by Crippen LogP contribution is -2.37. The predicted octanol–water partition coefficient (Wildman–Crippen LogP) is 4.11. The summed E-state index contributed by atoms with van der Waals surface area (Å²) in [5, 5.41) is 4.35. The summed E-state index contributed by atoms with van der Waals surface area (Å²) in [6, 6.07) is 8.67. The standard InChI is InChI=1S/C17H27ClN2/c1-3-12-20(13-15-8-10-19-11-9-15)14(2)16-6-4-5-7-17(16)18/h4-7,14-15,19H,3,8-13H2,1-2H3. The average Bonchev–Trinajstić information content (AvgIpc) is 2.48. The molecule has 1 unspecified atom stereocenters. The van der Waals surface area contributed by atoms with Crippen molar-refractivity contribution >= 4 is 11.6 Å². The lowest BCUT2D eigenvalue weighted by atomic mass is 9.96. The highest BCUT2D eigenvalue weighted by molar-refractivity contribution is 6.31. The Morgan fingerprint density at radius 2 is 2.00 bits per heavy atom. The molecule has 112 valence electrons. The summed E-state index contributed by atoms with van der Waals surface area (Å²) >= 11 is 6.37. The summed E-state index contributed by atoms with van der Waals surface area (Å²) in [4.78, 5) is 2.61. The van der Waals surface area contributed by atoms with E-state index in [1.165, 1.54) is 44.5 Å². The second-order valence-corrected chi connectivity index (χ2v) is 6.29. The van der Waals surface area contributed by atoms with Crippen molar-refractivity contribution in [3.05, 3.63) is 34.9 Å². The number of piperidine rings is 1. The quantitative estimate of drug-likeness (QED) is 0.849. The van der Waals surface area contributed by atoms with Gasteiger partial charge in [0.15, 0.2) is 0 Å². The maximum atomic E-state index is 6.37. The van der Waals surface area contributed by atoms with Crippen LogP contribution < -0.4 is 5.32 Å². The first-order chi connectivity index (χ1) is 9.72. The summed E-state index contributed by atoms with van der Waals surface area (Å²) in [5.74, 6) is 0.827. The predicted molar refractivity (Wildman–Crippen MR) is 87.3 cm³/mol. The monoisotopic (exact) mass is 294 g/mol. The van der Waals surface area contributed by atoms with Crippen LogP contribution in [0, 0.1) is 5.92 Å². The third-order valence-electron chi connectivity index (χ3n) is 4.37. The van der Waals surface area contributed by atoms with Gasteiger partial charge in [0, 0.05) is 17.6 Å². The molecule has 1 aromatic rings. The highest BCUT2D eigenvalue weighted by Gasteiger charge is 2.22. The molecule has 2 rings (SSSR count). The van der Waals surface area contributed by atoms with Gasteiger partial charge in [0.1, 0.15) is 0 Å². The summed E-state index contributed by atoms with van der Waals surface area (Å²) in [7, 11) is 0. The van der Waals surface area contributed by atoms with E-state index in [9.17, 15) is 0 Å². The molecule has 0 amide bonds. The van der Waals surface area contributed by atoms with Crippen molar-refractivity contribution in [2.24, 2.45) is 5.92 Å². The number of benzene rings is 1. The van der Waals surface area contributed by atoms with Crippen LogP contribution in [0.5, 0.6) is 0 Å². The zero-order chi connectivity index (χ0) is 14.4. The first-order valence-electron chi connectivity index (χ1n) is 7.91. The van der Waals surface area contributed by atoms with Gasteiger partial charge in [-0.15, -0.1) is 0 Å². The average molecular weight is 295 g/mol. The van der Waals surface area contributed by atoms with E-state index in [1.54, 1.807) is 0 Å². The topological polar surface area (TPSA) is 15.3 Å². The molecule has 1 saturated heterocycles. The number of hydrogen-bond acceptors (Lipinski definition) is 2. The Bertz CT molecular complexity index is 402. The Balaban J connectivity index is 2.04. The highest BCUT2D eigenvalue weighted by atomic mass is 35.5. The van der Waals surface area contributed by atoms with Crippen molar-refractivity contribution in [1.82, 2.24) is 10.2 Å². The van der Waals surface area contributed by atoms with Gasteiger partial charge in [0.05, 0.1) is 0 Å². The summed E-state index contributed by atoms with van der Waals surface area (Å²) in [5.41, 5.74) is 1.26. The van der Waals surface area contributed by atoms with Crippen LogP contribution in [0.4, 0.5) is 0 Å². The van der Waals surface area contributed by atoms with Crippen molar-refractivity contribution in [2.45, 2.75) is 39.2 Å². The minimum Gasteiger partial charge on any atom is -0.317 e. The zero-order valence-electron chi connectivity index (χ0n) is 12.7. The van der Waals surface area contributed by atoms with Gasteiger partial charge in [-0.25, -0.2) is 0 Å². The van der Waals surface area contributed by atoms with E-state index < -0.39 is 0 Å². The molecule has 1 fully saturated rings. The van der Waals surface area contributed by atoms with Gasteiger partial charge in [-0.3, -0.25) is 4.90 Å². The largest absolute Gasteiger partial charge is 0.317 e. The molecule has 1 atom stereocenters. The Hall–Kier alpha value is -0.570. The van der Waals surface area contributed by atoms with Gasteiger partial charge < -0.3 is 5.32 Å². The van der Waals surface area contributed by atoms with Crippen molar-refractivity contribution in [2.75, 3.05) is 26.2 Å². The number of halogens is 1. The minimum atomic E-state index is 0.401. The Morgan fingerprint density at radius 3 is 2.65 bits per heavy atom. The van der Waals surface area contributed by atoms with Gasteiger partial charge in [0.2, 0.25) is 0 Å². The van der Waals surface area contributed by atoms with E-state index in [2.05, 4.69) is 36.2 Å². The number of hydrogen-bond donors (Lipinski definition) is 1. The number of rotatable bonds is 6. The van der Waals surface area contributed by atoms with E-state index >= 15 is 0 Å². The maximum absolute atomic E-state index is 6.37. The molecule has 20 heavy (non-hydrogen) atoms. The second-order valence-electron chi connectivity index (χ2n) is 5.89. The van der Waals surface area contributed by atoms with Crippen LogP contribution in [0.15, 0.2) is 24.3 Å². The maximum Gasteiger partial charge on any atom is 0.0453 e. The van der Waals surface area contributed by atoms with Crippen molar-refractivity contribution in [3.63, 3.8) is 0 Å². The van der Waals surface area contributed by atoms with Crippen LogP contribution in [0.3, 0.4) is 0 Å². The van der Waals surface area contributed by atoms with Crippen LogP contribution in [0.2, 0.25) is 5.02 Å². The van der Waals surface area contributed by atoms with E-state index in [0.29, 0.717) is 6.04 Å². The normalized spacial score (nSPS) is 18.4. The third kappa shape index (κ3) is 4.21. The van der Waals surface area contributed by atoms with Gasteiger partial charge in [-0.2, -0.15) is 0 Å². The molecular weight excluding hydrogens is 268 g/mol. The van der Waals surface area contributed by atoms with Crippen LogP contribution in [0.25, 0.3) is 0 Å². The van der Waals surface area contributed by atoms with Crippen LogP contribution >= 0.6 is 11.6 Å². The first-order valence-corrected chi connectivity index (χ1v) is 8.29. The summed E-state index contributed by atoms with van der Waals surface area (Å²) < 4.78 is 0. The van der Waals surface area contributed by atoms with Crippen molar-refractivity contribution < 1.29 is 0 Å². The number of nitrogens with zero attached hydrogens (tertiary/aromatic N) is 1. The molecule has 0 aliphatic carbocycles. The van der Waals surface area contributed by atoms with Crippen molar-refractivity contribution in [3.8, 4) is 0 Å². The molecule has 0 saturated carbocycles. The molecule has 0 radical (unpaired) electrons. The number of nitrogens with one attached hydrogen (secondary N) is 1. The van der Waals surface area contributed by atoms with E-state index in [4.69, 9.17) is 11.6 Å². The van der Waals surface area contributed by atoms with Gasteiger partial charge in [-0.05, 0) is 63.4 Å². The lowest BCUT2D eigenvalue weighted by Gasteiger charge is -2.34. The Labute approximate surface area is 128 Å². The fourth-order valence-electron chi connectivity index (χ4n) is 3.14. The Morgan fingerprint density at radius 1 is 1.30 bits per heavy atom. The Kier molecular flexibility index (Phi) is 6.34. The summed E-state index contributed by atoms with van der Waals surface area (Å²) in [6.45, 7) is 9.24. The van der Waals surface area contributed by atoms with Gasteiger partial charge in [0.25, 0.3) is 0 Å². The molecule has 1 aliphatic heterocycles. The van der Waals surface area contributed by atoms with E-state index in [1.807, 2.05) is 12.1 Å². The van der Waals surface area contributed by atoms with Gasteiger partial charge >= 0.3 is 0 Å². The molecule has 2 nitrogen and oxygen atoms in total.